The molecule has 182 valence electrons. The molecule has 0 radical (unpaired) electrons. The average molecular weight is 479 g/mol. The molecule has 4 heterocycles. The third kappa shape index (κ3) is 4.86. The molecule has 2 aliphatic rings. The summed E-state index contributed by atoms with van der Waals surface area (Å²) in [5, 5.41) is 20.0. The van der Waals surface area contributed by atoms with Crippen LogP contribution in [-0.2, 0) is 16.1 Å². The second-order valence-corrected chi connectivity index (χ2v) is 8.71. The maximum atomic E-state index is 13.0. The number of carbonyl (C=O) groups excluding carboxylic acids is 2. The smallest absolute Gasteiger partial charge is 0.263 e. The number of hydrogen-bond donors (Lipinski definition) is 4. The summed E-state index contributed by atoms with van der Waals surface area (Å²) in [5.41, 5.74) is 0.879. The number of carbonyl (C=O) groups is 2. The molecule has 0 bridgehead atoms. The monoisotopic (exact) mass is 478 g/mol. The zero-order valence-electron chi connectivity index (χ0n) is 19.2. The molecule has 3 aromatic rings. The molecule has 1 aliphatic carbocycles. The number of pyridine rings is 3. The molecule has 35 heavy (non-hydrogen) atoms. The number of fused-ring (bicyclic) bond motifs is 2. The van der Waals surface area contributed by atoms with Crippen LogP contribution < -0.4 is 25.4 Å². The standard InChI is InChI=1S/C24H26N6O5/c1-34-20-5-3-16-21(30-20)17(8-11-25-16)28-23(32)24(33)9-6-14(7-10-24)26-12-15-2-4-18-22(27-15)29-19(31)13-35-18/h2-5,8,11,14,26,33H,6-7,9-10,12-13H2,1H3,(H,25,28,32)(H,27,29,31). The van der Waals surface area contributed by atoms with Crippen molar-refractivity contribution in [3.8, 4) is 11.6 Å². The number of nitrogens with zero attached hydrogens (tertiary/aromatic N) is 3. The molecule has 11 heteroatoms. The number of hydrogen-bond acceptors (Lipinski definition) is 9. The minimum absolute atomic E-state index is 0.00702. The Balaban J connectivity index is 1.18. The molecule has 2 amide bonds. The van der Waals surface area contributed by atoms with Crippen LogP contribution in [0.2, 0.25) is 0 Å². The van der Waals surface area contributed by atoms with Gasteiger partial charge in [-0.05, 0) is 49.9 Å². The highest BCUT2D eigenvalue weighted by Crippen LogP contribution is 2.31. The molecule has 1 aliphatic heterocycles. The van der Waals surface area contributed by atoms with Crippen LogP contribution in [0.15, 0.2) is 36.5 Å². The van der Waals surface area contributed by atoms with E-state index in [1.54, 1.807) is 30.5 Å². The fourth-order valence-corrected chi connectivity index (χ4v) is 4.34. The summed E-state index contributed by atoms with van der Waals surface area (Å²) in [6.45, 7) is 0.488. The predicted molar refractivity (Wildman–Crippen MR) is 127 cm³/mol. The second kappa shape index (κ2) is 9.43. The van der Waals surface area contributed by atoms with Crippen molar-refractivity contribution in [3.63, 3.8) is 0 Å². The van der Waals surface area contributed by atoms with E-state index in [2.05, 4.69) is 30.9 Å². The normalized spacial score (nSPS) is 21.5. The summed E-state index contributed by atoms with van der Waals surface area (Å²) in [7, 11) is 1.52. The summed E-state index contributed by atoms with van der Waals surface area (Å²) < 4.78 is 10.5. The lowest BCUT2D eigenvalue weighted by Gasteiger charge is -2.35. The molecule has 5 rings (SSSR count). The zero-order chi connectivity index (χ0) is 24.4. The Morgan fingerprint density at radius 1 is 1.23 bits per heavy atom. The highest BCUT2D eigenvalue weighted by atomic mass is 16.5. The van der Waals surface area contributed by atoms with Gasteiger partial charge in [-0.3, -0.25) is 14.6 Å². The number of anilines is 2. The first-order valence-corrected chi connectivity index (χ1v) is 11.4. The molecule has 0 spiro atoms. The number of nitrogens with one attached hydrogen (secondary N) is 3. The van der Waals surface area contributed by atoms with E-state index in [9.17, 15) is 14.7 Å². The van der Waals surface area contributed by atoms with Crippen LogP contribution in [0.3, 0.4) is 0 Å². The van der Waals surface area contributed by atoms with E-state index in [1.165, 1.54) is 7.11 Å². The minimum Gasteiger partial charge on any atom is -0.481 e. The van der Waals surface area contributed by atoms with Crippen molar-refractivity contribution in [1.82, 2.24) is 20.3 Å². The predicted octanol–water partition coefficient (Wildman–Crippen LogP) is 1.77. The highest BCUT2D eigenvalue weighted by molar-refractivity contribution is 6.02. The van der Waals surface area contributed by atoms with Crippen molar-refractivity contribution in [2.24, 2.45) is 0 Å². The molecule has 1 saturated carbocycles. The lowest BCUT2D eigenvalue weighted by molar-refractivity contribution is -0.137. The van der Waals surface area contributed by atoms with Crippen LogP contribution in [0, 0.1) is 0 Å². The quantitative estimate of drug-likeness (QED) is 0.416. The Hall–Kier alpha value is -3.83. The Morgan fingerprint density at radius 3 is 2.86 bits per heavy atom. The van der Waals surface area contributed by atoms with Crippen molar-refractivity contribution in [2.45, 2.75) is 43.9 Å². The second-order valence-electron chi connectivity index (χ2n) is 8.71. The van der Waals surface area contributed by atoms with Crippen LogP contribution in [0.1, 0.15) is 31.4 Å². The summed E-state index contributed by atoms with van der Waals surface area (Å²) in [6, 6.07) is 8.88. The van der Waals surface area contributed by atoms with Crippen LogP contribution in [0.4, 0.5) is 11.5 Å². The van der Waals surface area contributed by atoms with Gasteiger partial charge < -0.3 is 30.5 Å². The number of rotatable bonds is 6. The molecule has 0 unspecified atom stereocenters. The van der Waals surface area contributed by atoms with Crippen LogP contribution in [-0.4, -0.2) is 57.2 Å². The number of methoxy groups -OCH3 is 1. The molecule has 0 atom stereocenters. The van der Waals surface area contributed by atoms with Gasteiger partial charge in [0.2, 0.25) is 5.88 Å². The van der Waals surface area contributed by atoms with Crippen molar-refractivity contribution >= 4 is 34.4 Å². The first-order valence-electron chi connectivity index (χ1n) is 11.4. The summed E-state index contributed by atoms with van der Waals surface area (Å²) in [6.07, 6.45) is 3.47. The van der Waals surface area contributed by atoms with Crippen LogP contribution >= 0.6 is 0 Å². The van der Waals surface area contributed by atoms with Crippen molar-refractivity contribution in [3.05, 3.63) is 42.2 Å². The Morgan fingerprint density at radius 2 is 2.06 bits per heavy atom. The van der Waals surface area contributed by atoms with E-state index in [1.807, 2.05) is 6.07 Å². The van der Waals surface area contributed by atoms with Gasteiger partial charge in [0.05, 0.1) is 24.0 Å². The molecule has 0 aromatic carbocycles. The molecule has 3 aromatic heterocycles. The van der Waals surface area contributed by atoms with Gasteiger partial charge >= 0.3 is 0 Å². The van der Waals surface area contributed by atoms with E-state index >= 15 is 0 Å². The molecule has 4 N–H and O–H groups in total. The van der Waals surface area contributed by atoms with Gasteiger partial charge in [0.15, 0.2) is 18.2 Å². The van der Waals surface area contributed by atoms with E-state index in [0.29, 0.717) is 66.4 Å². The Kier molecular flexibility index (Phi) is 6.18. The molecule has 11 nitrogen and oxygen atoms in total. The van der Waals surface area contributed by atoms with Gasteiger partial charge in [-0.25, -0.2) is 9.97 Å². The van der Waals surface area contributed by atoms with Crippen molar-refractivity contribution < 1.29 is 24.2 Å². The SMILES string of the molecule is COc1ccc2nccc(NC(=O)C3(O)CCC(NCc4ccc5c(n4)NC(=O)CO5)CC3)c2n1. The van der Waals surface area contributed by atoms with Gasteiger partial charge in [0.25, 0.3) is 11.8 Å². The van der Waals surface area contributed by atoms with Gasteiger partial charge in [-0.15, -0.1) is 0 Å². The summed E-state index contributed by atoms with van der Waals surface area (Å²) >= 11 is 0. The van der Waals surface area contributed by atoms with Gasteiger partial charge in [-0.1, -0.05) is 0 Å². The first-order chi connectivity index (χ1) is 16.9. The minimum atomic E-state index is -1.47. The van der Waals surface area contributed by atoms with Crippen molar-refractivity contribution in [2.75, 3.05) is 24.4 Å². The van der Waals surface area contributed by atoms with E-state index in [0.717, 1.165) is 5.69 Å². The fraction of sp³-hybridized carbons (Fsp3) is 0.375. The third-order valence-electron chi connectivity index (χ3n) is 6.36. The van der Waals surface area contributed by atoms with Crippen LogP contribution in [0.5, 0.6) is 11.6 Å². The van der Waals surface area contributed by atoms with E-state index in [4.69, 9.17) is 9.47 Å². The Bertz CT molecular complexity index is 1270. The third-order valence-corrected chi connectivity index (χ3v) is 6.36. The maximum absolute atomic E-state index is 13.0. The number of aliphatic hydroxyl groups is 1. The topological polar surface area (TPSA) is 148 Å². The van der Waals surface area contributed by atoms with Crippen molar-refractivity contribution in [1.29, 1.82) is 0 Å². The van der Waals surface area contributed by atoms with Gasteiger partial charge in [0, 0.05) is 24.8 Å². The first kappa shape index (κ1) is 22.9. The van der Waals surface area contributed by atoms with E-state index in [-0.39, 0.29) is 18.6 Å². The summed E-state index contributed by atoms with van der Waals surface area (Å²) in [5.74, 6) is 0.702. The lowest BCUT2D eigenvalue weighted by Crippen LogP contribution is -2.48. The fourth-order valence-electron chi connectivity index (χ4n) is 4.34. The largest absolute Gasteiger partial charge is 0.481 e. The highest BCUT2D eigenvalue weighted by Gasteiger charge is 2.40. The average Bonchev–Trinajstić information content (AvgIpc) is 2.88. The van der Waals surface area contributed by atoms with E-state index < -0.39 is 11.5 Å². The maximum Gasteiger partial charge on any atom is 0.263 e. The summed E-state index contributed by atoms with van der Waals surface area (Å²) in [4.78, 5) is 37.6. The number of ether oxygens (including phenoxy) is 2. The Labute approximate surface area is 201 Å². The molecular weight excluding hydrogens is 452 g/mol. The van der Waals surface area contributed by atoms with Crippen LogP contribution in [0.25, 0.3) is 11.0 Å². The zero-order valence-corrected chi connectivity index (χ0v) is 19.2. The molecule has 1 fully saturated rings. The number of aromatic nitrogens is 3. The molecule has 0 saturated heterocycles. The molecular formula is C24H26N6O5. The lowest BCUT2D eigenvalue weighted by atomic mass is 9.81. The number of amides is 2. The van der Waals surface area contributed by atoms with Gasteiger partial charge in [0.1, 0.15) is 11.1 Å². The van der Waals surface area contributed by atoms with Gasteiger partial charge in [-0.2, -0.15) is 0 Å².